The molecule has 0 bridgehead atoms. The second-order valence-corrected chi connectivity index (χ2v) is 17.2. The van der Waals surface area contributed by atoms with Gasteiger partial charge in [-0.3, -0.25) is 4.99 Å². The smallest absolute Gasteiger partial charge is 0.190 e. The van der Waals surface area contributed by atoms with Crippen LogP contribution < -0.4 is 11.1 Å². The van der Waals surface area contributed by atoms with Gasteiger partial charge < -0.3 is 31.1 Å². The quantitative estimate of drug-likeness (QED) is 0.0989. The number of aliphatic hydroxyl groups excluding tert-OH is 2. The number of hydrogen-bond donors (Lipinski definition) is 5. The molecule has 0 aromatic heterocycles. The number of fused-ring (bicyclic) bond motifs is 4. The lowest BCUT2D eigenvalue weighted by molar-refractivity contribution is -0.127. The van der Waals surface area contributed by atoms with Crippen LogP contribution in [0.25, 0.3) is 0 Å². The minimum atomic E-state index is -0.659. The van der Waals surface area contributed by atoms with Crippen molar-refractivity contribution in [3.63, 3.8) is 0 Å². The highest BCUT2D eigenvalue weighted by Gasteiger charge is 2.67. The van der Waals surface area contributed by atoms with E-state index in [1.54, 1.807) is 7.05 Å². The number of nitrogens with one attached hydrogen (secondary N) is 1. The summed E-state index contributed by atoms with van der Waals surface area (Å²) >= 11 is 0. The maximum atomic E-state index is 11.6. The third-order valence-corrected chi connectivity index (χ3v) is 14.9. The van der Waals surface area contributed by atoms with Crippen molar-refractivity contribution >= 4 is 5.96 Å². The normalized spacial score (nSPS) is 54.0. The van der Waals surface area contributed by atoms with E-state index >= 15 is 0 Å². The molecule has 0 unspecified atom stereocenters. The fourth-order valence-electron chi connectivity index (χ4n) is 12.4. The largest absolute Gasteiger partial charge is 0.393 e. The van der Waals surface area contributed by atoms with Crippen LogP contribution in [0.4, 0.5) is 0 Å². The van der Waals surface area contributed by atoms with E-state index in [0.29, 0.717) is 59.4 Å². The van der Waals surface area contributed by atoms with Crippen LogP contribution >= 0.6 is 0 Å². The predicted molar refractivity (Wildman–Crippen MR) is 169 cm³/mol. The molecule has 1 heterocycles. The molecule has 1 saturated heterocycles. The summed E-state index contributed by atoms with van der Waals surface area (Å²) in [7, 11) is 1.65. The molecule has 6 aliphatic carbocycles. The lowest BCUT2D eigenvalue weighted by atomic mass is 9.46. The lowest BCUT2D eigenvalue weighted by Crippen LogP contribution is -2.51. The van der Waals surface area contributed by atoms with E-state index < -0.39 is 11.8 Å². The Kier molecular flexibility index (Phi) is 7.59. The van der Waals surface area contributed by atoms with Crippen LogP contribution in [0.2, 0.25) is 0 Å². The number of hydrogen-bond acceptors (Lipinski definition) is 5. The molecule has 7 fully saturated rings. The summed E-state index contributed by atoms with van der Waals surface area (Å²) < 4.78 is 6.73. The number of nitrogens with zero attached hydrogens (tertiary/aromatic N) is 1. The first-order chi connectivity index (χ1) is 20.4. The number of aliphatic hydroxyl groups is 3. The average Bonchev–Trinajstić information content (AvgIpc) is 3.29. The van der Waals surface area contributed by atoms with Gasteiger partial charge in [0, 0.05) is 24.8 Å². The van der Waals surface area contributed by atoms with Crippen LogP contribution in [0.5, 0.6) is 0 Å². The van der Waals surface area contributed by atoms with Gasteiger partial charge in [-0.2, -0.15) is 0 Å². The molecule has 0 radical (unpaired) electrons. The van der Waals surface area contributed by atoms with Gasteiger partial charge in [0.25, 0.3) is 0 Å². The van der Waals surface area contributed by atoms with Crippen LogP contribution in [0, 0.1) is 52.3 Å². The maximum Gasteiger partial charge on any atom is 0.190 e. The van der Waals surface area contributed by atoms with Gasteiger partial charge in [0.2, 0.25) is 0 Å². The van der Waals surface area contributed by atoms with Crippen molar-refractivity contribution < 1.29 is 20.1 Å². The Hall–Kier alpha value is -1.15. The van der Waals surface area contributed by atoms with Gasteiger partial charge >= 0.3 is 0 Å². The Morgan fingerprint density at radius 2 is 1.72 bits per heavy atom. The summed E-state index contributed by atoms with van der Waals surface area (Å²) in [4.78, 5) is 3.97. The molecular formula is C36H59N3O4. The summed E-state index contributed by atoms with van der Waals surface area (Å²) in [6, 6.07) is 0. The van der Waals surface area contributed by atoms with Gasteiger partial charge in [0.15, 0.2) is 5.96 Å². The highest BCUT2D eigenvalue weighted by atomic mass is 16.6. The van der Waals surface area contributed by atoms with E-state index in [0.717, 1.165) is 51.4 Å². The number of nitrogens with two attached hydrogens (primary N) is 1. The third-order valence-electron chi connectivity index (χ3n) is 14.9. The standard InChI is InChI=1S/C36H59N3O4/c1-21-16-35(14-11-24(17-35)23-6-7-25-9-10-27(40)19-36(25,42)18-23)31-34(3,43-31)13-12-29-28(21)20-33(29,2)26-8-5-22(15-26)30(41)39-32(37)38-4/h22-31,40-42H,1,5-20H2,2-4H3,(H3,37,38,39)/t22-,23+,24+,25-,26+,27-,28+,29+,30-,31+,33+,34+,35+,36+/m0/s1. The molecule has 7 nitrogen and oxygen atoms in total. The molecule has 7 rings (SSSR count). The van der Waals surface area contributed by atoms with E-state index in [4.69, 9.17) is 17.0 Å². The minimum Gasteiger partial charge on any atom is -0.393 e. The summed E-state index contributed by atoms with van der Waals surface area (Å²) in [5.41, 5.74) is 7.14. The van der Waals surface area contributed by atoms with Crippen molar-refractivity contribution in [2.75, 3.05) is 7.05 Å². The molecule has 7 aliphatic rings. The Morgan fingerprint density at radius 3 is 2.51 bits per heavy atom. The zero-order valence-corrected chi connectivity index (χ0v) is 27.1. The monoisotopic (exact) mass is 597 g/mol. The number of ether oxygens (including phenoxy) is 1. The van der Waals surface area contributed by atoms with Crippen molar-refractivity contribution in [3.05, 3.63) is 12.2 Å². The number of aliphatic imine (C=N–C) groups is 1. The molecule has 1 aliphatic heterocycles. The molecule has 0 aromatic rings. The summed E-state index contributed by atoms with van der Waals surface area (Å²) in [5.74, 6) is 4.00. The Labute approximate surface area is 259 Å². The first kappa shape index (κ1) is 30.5. The molecular weight excluding hydrogens is 538 g/mol. The molecule has 43 heavy (non-hydrogen) atoms. The van der Waals surface area contributed by atoms with Crippen LogP contribution in [-0.2, 0) is 4.74 Å². The van der Waals surface area contributed by atoms with Crippen molar-refractivity contribution in [3.8, 4) is 0 Å². The van der Waals surface area contributed by atoms with Crippen molar-refractivity contribution in [1.29, 1.82) is 0 Å². The molecule has 6 N–H and O–H groups in total. The fourth-order valence-corrected chi connectivity index (χ4v) is 12.4. The van der Waals surface area contributed by atoms with Gasteiger partial charge in [0.1, 0.15) is 6.23 Å². The summed E-state index contributed by atoms with van der Waals surface area (Å²) in [6.07, 6.45) is 16.7. The zero-order valence-electron chi connectivity index (χ0n) is 27.1. The van der Waals surface area contributed by atoms with Crippen LogP contribution in [0.15, 0.2) is 17.1 Å². The van der Waals surface area contributed by atoms with Crippen molar-refractivity contribution in [2.45, 2.75) is 146 Å². The molecule has 0 aromatic carbocycles. The van der Waals surface area contributed by atoms with E-state index in [1.165, 1.54) is 50.5 Å². The van der Waals surface area contributed by atoms with Gasteiger partial charge in [0.05, 0.1) is 23.4 Å². The van der Waals surface area contributed by atoms with Gasteiger partial charge in [-0.1, -0.05) is 19.1 Å². The van der Waals surface area contributed by atoms with Gasteiger partial charge in [-0.05, 0) is 144 Å². The lowest BCUT2D eigenvalue weighted by Gasteiger charge is -2.58. The molecule has 7 heteroatoms. The second-order valence-electron chi connectivity index (χ2n) is 17.2. The van der Waals surface area contributed by atoms with Crippen LogP contribution in [-0.4, -0.2) is 58.0 Å². The predicted octanol–water partition coefficient (Wildman–Crippen LogP) is 5.27. The molecule has 6 saturated carbocycles. The molecule has 242 valence electrons. The number of rotatable bonds is 4. The minimum absolute atomic E-state index is 0.0146. The Morgan fingerprint density at radius 1 is 0.977 bits per heavy atom. The summed E-state index contributed by atoms with van der Waals surface area (Å²) in [5, 5.41) is 35.8. The Balaban J connectivity index is 1.03. The maximum absolute atomic E-state index is 11.6. The fraction of sp³-hybridized carbons (Fsp3) is 0.917. The van der Waals surface area contributed by atoms with E-state index in [2.05, 4.69) is 24.2 Å². The van der Waals surface area contributed by atoms with Gasteiger partial charge in [-0.15, -0.1) is 0 Å². The van der Waals surface area contributed by atoms with E-state index in [-0.39, 0.29) is 23.0 Å². The highest BCUT2D eigenvalue weighted by molar-refractivity contribution is 5.77. The van der Waals surface area contributed by atoms with Crippen LogP contribution in [0.1, 0.15) is 117 Å². The SMILES string of the molecule is C=C1C[C@@]2(CC[C@@H]([C@@H]3CC[C@H]4CC[C@H](O)C[C@]4(O)C3)C2)[C@@H]2O[C@]2(C)CC[C@@H]2[C@@H]1C[C@]2(C)[C@@H]1CC[C@H]([C@H](O)NC(N)=NC)C1. The van der Waals surface area contributed by atoms with Crippen molar-refractivity contribution in [2.24, 2.45) is 63.0 Å². The zero-order chi connectivity index (χ0) is 30.4. The molecule has 14 atom stereocenters. The van der Waals surface area contributed by atoms with Crippen LogP contribution in [0.3, 0.4) is 0 Å². The first-order valence-corrected chi connectivity index (χ1v) is 17.8. The molecule has 0 amide bonds. The van der Waals surface area contributed by atoms with E-state index in [1.807, 2.05) is 0 Å². The molecule has 1 spiro atoms. The van der Waals surface area contributed by atoms with Crippen molar-refractivity contribution in [1.82, 2.24) is 5.32 Å². The Bertz CT molecular complexity index is 1130. The number of allylic oxidation sites excluding steroid dienone is 1. The highest BCUT2D eigenvalue weighted by Crippen LogP contribution is 2.69. The third kappa shape index (κ3) is 5.11. The topological polar surface area (TPSA) is 124 Å². The summed E-state index contributed by atoms with van der Waals surface area (Å²) in [6.45, 7) is 9.74. The second kappa shape index (κ2) is 10.7. The number of guanidine groups is 1. The number of epoxide rings is 1. The average molecular weight is 598 g/mol. The van der Waals surface area contributed by atoms with Gasteiger partial charge in [-0.25, -0.2) is 0 Å². The van der Waals surface area contributed by atoms with E-state index in [9.17, 15) is 15.3 Å². The first-order valence-electron chi connectivity index (χ1n) is 17.8.